The van der Waals surface area contributed by atoms with Crippen LogP contribution in [0.3, 0.4) is 0 Å². The number of methoxy groups -OCH3 is 1. The van der Waals surface area contributed by atoms with E-state index in [-0.39, 0.29) is 6.61 Å². The van der Waals surface area contributed by atoms with Crippen LogP contribution in [0.15, 0.2) is 12.4 Å². The molecule has 2 heterocycles. The van der Waals surface area contributed by atoms with Gasteiger partial charge in [0.05, 0.1) is 25.6 Å². The third-order valence-electron chi connectivity index (χ3n) is 3.94. The van der Waals surface area contributed by atoms with Crippen molar-refractivity contribution in [2.45, 2.75) is 26.7 Å². The van der Waals surface area contributed by atoms with E-state index in [4.69, 9.17) is 9.47 Å². The number of hydrogen-bond donors (Lipinski definition) is 1. The lowest BCUT2D eigenvalue weighted by atomic mass is 9.80. The topological polar surface area (TPSA) is 84.8 Å². The molecule has 128 valence electrons. The van der Waals surface area contributed by atoms with E-state index in [1.54, 1.807) is 12.4 Å². The first-order chi connectivity index (χ1) is 11.0. The van der Waals surface area contributed by atoms with Gasteiger partial charge < -0.3 is 19.5 Å². The number of carbonyl (C=O) groups is 1. The molecule has 1 unspecified atom stereocenters. The lowest BCUT2D eigenvalue weighted by Gasteiger charge is -2.39. The highest BCUT2D eigenvalue weighted by molar-refractivity contribution is 5.76. The van der Waals surface area contributed by atoms with E-state index >= 15 is 0 Å². The predicted molar refractivity (Wildman–Crippen MR) is 85.8 cm³/mol. The van der Waals surface area contributed by atoms with Crippen LogP contribution in [0.5, 0.6) is 5.88 Å². The number of ether oxygens (including phenoxy) is 2. The summed E-state index contributed by atoms with van der Waals surface area (Å²) < 4.78 is 10.8. The van der Waals surface area contributed by atoms with Crippen molar-refractivity contribution in [1.29, 1.82) is 0 Å². The Bertz CT molecular complexity index is 534. The van der Waals surface area contributed by atoms with E-state index in [0.29, 0.717) is 37.2 Å². The van der Waals surface area contributed by atoms with Gasteiger partial charge in [0.2, 0.25) is 5.88 Å². The molecule has 0 aliphatic carbocycles. The fourth-order valence-electron chi connectivity index (χ4n) is 2.77. The Morgan fingerprint density at radius 1 is 1.48 bits per heavy atom. The molecule has 7 nitrogen and oxygen atoms in total. The zero-order valence-electron chi connectivity index (χ0n) is 14.0. The van der Waals surface area contributed by atoms with Crippen LogP contribution in [0, 0.1) is 11.3 Å². The van der Waals surface area contributed by atoms with Gasteiger partial charge >= 0.3 is 5.97 Å². The van der Waals surface area contributed by atoms with Crippen molar-refractivity contribution >= 4 is 11.8 Å². The summed E-state index contributed by atoms with van der Waals surface area (Å²) in [5.41, 5.74) is -0.899. The SMILES string of the molecule is COCC1(C(=O)O)CCCN(c2cncc(OCC(C)C)n2)C1. The summed E-state index contributed by atoms with van der Waals surface area (Å²) in [5, 5.41) is 9.62. The highest BCUT2D eigenvalue weighted by Crippen LogP contribution is 2.33. The van der Waals surface area contributed by atoms with Crippen LogP contribution in [0.2, 0.25) is 0 Å². The molecule has 0 aromatic carbocycles. The standard InChI is InChI=1S/C16H25N3O4/c1-12(2)9-23-14-8-17-7-13(18-14)19-6-4-5-16(10-19,11-22-3)15(20)21/h7-8,12H,4-6,9-11H2,1-3H3,(H,20,21). The fraction of sp³-hybridized carbons (Fsp3) is 0.688. The van der Waals surface area contributed by atoms with Gasteiger partial charge in [-0.3, -0.25) is 9.78 Å². The highest BCUT2D eigenvalue weighted by Gasteiger charge is 2.43. The van der Waals surface area contributed by atoms with Gasteiger partial charge in [-0.2, -0.15) is 4.98 Å². The third kappa shape index (κ3) is 4.31. The molecule has 0 bridgehead atoms. The smallest absolute Gasteiger partial charge is 0.313 e. The van der Waals surface area contributed by atoms with Crippen LogP contribution in [0.1, 0.15) is 26.7 Å². The van der Waals surface area contributed by atoms with E-state index < -0.39 is 11.4 Å². The Balaban J connectivity index is 2.14. The lowest BCUT2D eigenvalue weighted by molar-refractivity contribution is -0.153. The molecule has 7 heteroatoms. The number of nitrogens with zero attached hydrogens (tertiary/aromatic N) is 3. The molecule has 1 fully saturated rings. The van der Waals surface area contributed by atoms with Crippen molar-refractivity contribution in [2.75, 3.05) is 38.3 Å². The minimum atomic E-state index is -0.899. The number of aromatic nitrogens is 2. The predicted octanol–water partition coefficient (Wildman–Crippen LogP) is 1.83. The monoisotopic (exact) mass is 323 g/mol. The summed E-state index contributed by atoms with van der Waals surface area (Å²) in [4.78, 5) is 22.3. The second-order valence-corrected chi connectivity index (χ2v) is 6.46. The molecule has 1 saturated heterocycles. The highest BCUT2D eigenvalue weighted by atomic mass is 16.5. The molecule has 1 aliphatic heterocycles. The maximum absolute atomic E-state index is 11.7. The molecule has 1 N–H and O–H groups in total. The fourth-order valence-corrected chi connectivity index (χ4v) is 2.77. The normalized spacial score (nSPS) is 21.5. The number of carboxylic acid groups (broad SMARTS) is 1. The number of aliphatic carboxylic acids is 1. The van der Waals surface area contributed by atoms with Crippen molar-refractivity contribution in [2.24, 2.45) is 11.3 Å². The first kappa shape index (κ1) is 17.5. The Labute approximate surface area is 136 Å². The first-order valence-electron chi connectivity index (χ1n) is 7.89. The summed E-state index contributed by atoms with van der Waals surface area (Å²) in [7, 11) is 1.53. The van der Waals surface area contributed by atoms with Crippen molar-refractivity contribution < 1.29 is 19.4 Å². The van der Waals surface area contributed by atoms with Crippen LogP contribution in [-0.4, -0.2) is 54.5 Å². The number of piperidine rings is 1. The van der Waals surface area contributed by atoms with E-state index in [2.05, 4.69) is 23.8 Å². The Hall–Kier alpha value is -1.89. The number of rotatable bonds is 7. The van der Waals surface area contributed by atoms with Gasteiger partial charge in [0, 0.05) is 20.2 Å². The van der Waals surface area contributed by atoms with Crippen molar-refractivity contribution in [3.63, 3.8) is 0 Å². The summed E-state index contributed by atoms with van der Waals surface area (Å²) in [5.74, 6) is 0.683. The average molecular weight is 323 g/mol. The van der Waals surface area contributed by atoms with Crippen LogP contribution in [0.4, 0.5) is 5.82 Å². The Kier molecular flexibility index (Phi) is 5.76. The summed E-state index contributed by atoms with van der Waals surface area (Å²) in [6, 6.07) is 0. The maximum atomic E-state index is 11.7. The molecular formula is C16H25N3O4. The quantitative estimate of drug-likeness (QED) is 0.819. The second kappa shape index (κ2) is 7.59. The molecule has 0 spiro atoms. The molecule has 0 radical (unpaired) electrons. The van der Waals surface area contributed by atoms with Crippen molar-refractivity contribution in [1.82, 2.24) is 9.97 Å². The Morgan fingerprint density at radius 2 is 2.26 bits per heavy atom. The van der Waals surface area contributed by atoms with Crippen molar-refractivity contribution in [3.05, 3.63) is 12.4 Å². The molecule has 23 heavy (non-hydrogen) atoms. The van der Waals surface area contributed by atoms with E-state index in [1.165, 1.54) is 7.11 Å². The van der Waals surface area contributed by atoms with Gasteiger partial charge in [-0.1, -0.05) is 13.8 Å². The van der Waals surface area contributed by atoms with Crippen LogP contribution in [-0.2, 0) is 9.53 Å². The summed E-state index contributed by atoms with van der Waals surface area (Å²) in [6.45, 7) is 6.00. The average Bonchev–Trinajstić information content (AvgIpc) is 2.53. The second-order valence-electron chi connectivity index (χ2n) is 6.46. The van der Waals surface area contributed by atoms with E-state index in [0.717, 1.165) is 13.0 Å². The number of carboxylic acids is 1. The van der Waals surface area contributed by atoms with E-state index in [1.807, 2.05) is 4.90 Å². The molecular weight excluding hydrogens is 298 g/mol. The van der Waals surface area contributed by atoms with Gasteiger partial charge in [0.25, 0.3) is 0 Å². The van der Waals surface area contributed by atoms with Crippen LogP contribution in [0.25, 0.3) is 0 Å². The minimum Gasteiger partial charge on any atom is -0.481 e. The number of hydrogen-bond acceptors (Lipinski definition) is 6. The molecule has 1 aromatic rings. The van der Waals surface area contributed by atoms with Gasteiger partial charge in [0.15, 0.2) is 5.82 Å². The summed E-state index contributed by atoms with van der Waals surface area (Å²) >= 11 is 0. The maximum Gasteiger partial charge on any atom is 0.313 e. The third-order valence-corrected chi connectivity index (χ3v) is 3.94. The number of anilines is 1. The zero-order valence-corrected chi connectivity index (χ0v) is 14.0. The van der Waals surface area contributed by atoms with Gasteiger partial charge in [-0.25, -0.2) is 0 Å². The molecule has 1 aliphatic rings. The van der Waals surface area contributed by atoms with Crippen LogP contribution < -0.4 is 9.64 Å². The molecule has 1 aromatic heterocycles. The van der Waals surface area contributed by atoms with Gasteiger partial charge in [-0.05, 0) is 18.8 Å². The van der Waals surface area contributed by atoms with Gasteiger partial charge in [-0.15, -0.1) is 0 Å². The van der Waals surface area contributed by atoms with E-state index in [9.17, 15) is 9.90 Å². The van der Waals surface area contributed by atoms with Crippen LogP contribution >= 0.6 is 0 Å². The summed E-state index contributed by atoms with van der Waals surface area (Å²) in [6.07, 6.45) is 4.60. The Morgan fingerprint density at radius 3 is 2.91 bits per heavy atom. The minimum absolute atomic E-state index is 0.190. The lowest BCUT2D eigenvalue weighted by Crippen LogP contribution is -2.50. The van der Waals surface area contributed by atoms with Crippen molar-refractivity contribution in [3.8, 4) is 5.88 Å². The largest absolute Gasteiger partial charge is 0.481 e. The molecule has 0 saturated carbocycles. The molecule has 2 rings (SSSR count). The molecule has 1 atom stereocenters. The first-order valence-corrected chi connectivity index (χ1v) is 7.89. The zero-order chi connectivity index (χ0) is 16.9. The molecule has 0 amide bonds. The van der Waals surface area contributed by atoms with Gasteiger partial charge in [0.1, 0.15) is 5.41 Å².